The van der Waals surface area contributed by atoms with Gasteiger partial charge in [-0.2, -0.15) is 5.10 Å². The molecule has 9 heteroatoms. The second-order valence-electron chi connectivity index (χ2n) is 8.06. The zero-order valence-corrected chi connectivity index (χ0v) is 20.1. The van der Waals surface area contributed by atoms with Crippen molar-refractivity contribution in [2.75, 3.05) is 17.7 Å². The Balaban J connectivity index is 1.56. The van der Waals surface area contributed by atoms with E-state index in [0.29, 0.717) is 33.7 Å². The van der Waals surface area contributed by atoms with Crippen molar-refractivity contribution in [3.05, 3.63) is 77.2 Å². The van der Waals surface area contributed by atoms with Gasteiger partial charge in [-0.15, -0.1) is 0 Å². The molecule has 0 fully saturated rings. The topological polar surface area (TPSA) is 94.0 Å². The number of rotatable bonds is 7. The summed E-state index contributed by atoms with van der Waals surface area (Å²) in [7, 11) is 1.54. The smallest absolute Gasteiger partial charge is 0.255 e. The number of amides is 1. The van der Waals surface area contributed by atoms with Crippen molar-refractivity contribution in [3.63, 3.8) is 0 Å². The highest BCUT2D eigenvalue weighted by atomic mass is 35.5. The van der Waals surface area contributed by atoms with Crippen LogP contribution in [0.5, 0.6) is 5.75 Å². The van der Waals surface area contributed by atoms with Gasteiger partial charge in [-0.3, -0.25) is 9.48 Å². The van der Waals surface area contributed by atoms with Crippen LogP contribution in [0.1, 0.15) is 35.8 Å². The molecule has 0 atom stereocenters. The first-order valence-corrected chi connectivity index (χ1v) is 11.1. The van der Waals surface area contributed by atoms with E-state index in [1.54, 1.807) is 24.4 Å². The zero-order chi connectivity index (χ0) is 24.2. The van der Waals surface area contributed by atoms with Crippen molar-refractivity contribution in [2.24, 2.45) is 0 Å². The van der Waals surface area contributed by atoms with Crippen LogP contribution in [0.4, 0.5) is 17.3 Å². The molecular formula is C25H25ClN6O2. The number of carbonyl (C=O) groups is 1. The lowest BCUT2D eigenvalue weighted by Crippen LogP contribution is -2.12. The molecule has 1 amide bonds. The summed E-state index contributed by atoms with van der Waals surface area (Å²) in [5, 5.41) is 10.8. The highest BCUT2D eigenvalue weighted by molar-refractivity contribution is 6.32. The molecule has 0 aliphatic rings. The van der Waals surface area contributed by atoms with E-state index in [1.807, 2.05) is 55.9 Å². The fraction of sp³-hybridized carbons (Fsp3) is 0.200. The highest BCUT2D eigenvalue weighted by Gasteiger charge is 2.15. The van der Waals surface area contributed by atoms with Crippen molar-refractivity contribution >= 4 is 34.8 Å². The number of aromatic nitrogens is 4. The van der Waals surface area contributed by atoms with Gasteiger partial charge in [0.15, 0.2) is 0 Å². The predicted octanol–water partition coefficient (Wildman–Crippen LogP) is 5.89. The lowest BCUT2D eigenvalue weighted by Gasteiger charge is -2.13. The van der Waals surface area contributed by atoms with E-state index >= 15 is 0 Å². The van der Waals surface area contributed by atoms with Gasteiger partial charge in [-0.05, 0) is 56.7 Å². The standard InChI is InChI=1S/C25H25ClN6O2/c1-15(2)32-14-18(12-28-32)23-20(26)13-27-25(31-23)30-21-9-8-17(11-22(21)34-4)24(33)29-19-7-5-6-16(3)10-19/h5-15H,1-4H3,(H,29,33)(H,27,30,31). The summed E-state index contributed by atoms with van der Waals surface area (Å²) in [6.45, 7) is 6.06. The van der Waals surface area contributed by atoms with E-state index in [9.17, 15) is 4.79 Å². The summed E-state index contributed by atoms with van der Waals surface area (Å²) in [6, 6.07) is 13.0. The second-order valence-corrected chi connectivity index (χ2v) is 8.46. The van der Waals surface area contributed by atoms with Gasteiger partial charge in [0, 0.05) is 29.1 Å². The number of methoxy groups -OCH3 is 1. The molecule has 2 N–H and O–H groups in total. The van der Waals surface area contributed by atoms with E-state index in [1.165, 1.54) is 13.3 Å². The Morgan fingerprint density at radius 3 is 2.68 bits per heavy atom. The molecular weight excluding hydrogens is 452 g/mol. The molecule has 4 rings (SSSR count). The van der Waals surface area contributed by atoms with Crippen LogP contribution in [-0.4, -0.2) is 32.8 Å². The molecule has 0 spiro atoms. The third-order valence-corrected chi connectivity index (χ3v) is 5.41. The van der Waals surface area contributed by atoms with Gasteiger partial charge in [0.05, 0.1) is 35.9 Å². The number of nitrogens with one attached hydrogen (secondary N) is 2. The molecule has 0 unspecified atom stereocenters. The molecule has 2 aromatic heterocycles. The molecule has 34 heavy (non-hydrogen) atoms. The quantitative estimate of drug-likeness (QED) is 0.345. The fourth-order valence-corrected chi connectivity index (χ4v) is 3.55. The molecule has 2 aromatic carbocycles. The number of benzene rings is 2. The maximum atomic E-state index is 12.7. The largest absolute Gasteiger partial charge is 0.495 e. The lowest BCUT2D eigenvalue weighted by molar-refractivity contribution is 0.102. The third-order valence-electron chi connectivity index (χ3n) is 5.13. The van der Waals surface area contributed by atoms with Crippen molar-refractivity contribution in [2.45, 2.75) is 26.8 Å². The molecule has 0 bridgehead atoms. The van der Waals surface area contributed by atoms with Crippen LogP contribution in [0.25, 0.3) is 11.3 Å². The predicted molar refractivity (Wildman–Crippen MR) is 134 cm³/mol. The molecule has 4 aromatic rings. The lowest BCUT2D eigenvalue weighted by atomic mass is 10.1. The van der Waals surface area contributed by atoms with E-state index < -0.39 is 0 Å². The minimum absolute atomic E-state index is 0.220. The van der Waals surface area contributed by atoms with E-state index in [-0.39, 0.29) is 11.9 Å². The Morgan fingerprint density at radius 2 is 1.97 bits per heavy atom. The van der Waals surface area contributed by atoms with Crippen molar-refractivity contribution in [1.82, 2.24) is 19.7 Å². The van der Waals surface area contributed by atoms with Crippen LogP contribution >= 0.6 is 11.6 Å². The Kier molecular flexibility index (Phi) is 6.79. The molecule has 0 radical (unpaired) electrons. The van der Waals surface area contributed by atoms with Crippen LogP contribution in [-0.2, 0) is 0 Å². The summed E-state index contributed by atoms with van der Waals surface area (Å²) < 4.78 is 7.35. The fourth-order valence-electron chi connectivity index (χ4n) is 3.35. The van der Waals surface area contributed by atoms with Crippen LogP contribution in [0.15, 0.2) is 61.1 Å². The maximum Gasteiger partial charge on any atom is 0.255 e. The minimum atomic E-state index is -0.234. The number of carbonyl (C=O) groups excluding carboxylic acids is 1. The Hall–Kier alpha value is -3.91. The number of anilines is 3. The normalized spacial score (nSPS) is 10.9. The molecule has 174 valence electrons. The van der Waals surface area contributed by atoms with Gasteiger partial charge < -0.3 is 15.4 Å². The number of hydrogen-bond donors (Lipinski definition) is 2. The molecule has 0 aliphatic heterocycles. The minimum Gasteiger partial charge on any atom is -0.495 e. The van der Waals surface area contributed by atoms with Crippen LogP contribution in [0.2, 0.25) is 5.02 Å². The van der Waals surface area contributed by atoms with Crippen LogP contribution in [0.3, 0.4) is 0 Å². The van der Waals surface area contributed by atoms with E-state index in [0.717, 1.165) is 16.8 Å². The third kappa shape index (κ3) is 5.18. The molecule has 0 saturated heterocycles. The van der Waals surface area contributed by atoms with Gasteiger partial charge in [-0.25, -0.2) is 9.97 Å². The summed E-state index contributed by atoms with van der Waals surface area (Å²) in [5.74, 6) is 0.583. The molecule has 2 heterocycles. The zero-order valence-electron chi connectivity index (χ0n) is 19.3. The number of ether oxygens (including phenoxy) is 1. The summed E-state index contributed by atoms with van der Waals surface area (Å²) in [4.78, 5) is 21.6. The maximum absolute atomic E-state index is 12.7. The average molecular weight is 477 g/mol. The average Bonchev–Trinajstić information content (AvgIpc) is 3.31. The first-order chi connectivity index (χ1) is 16.3. The van der Waals surface area contributed by atoms with Crippen LogP contribution < -0.4 is 15.4 Å². The van der Waals surface area contributed by atoms with E-state index in [2.05, 4.69) is 25.7 Å². The summed E-state index contributed by atoms with van der Waals surface area (Å²) in [6.07, 6.45) is 5.15. The first-order valence-electron chi connectivity index (χ1n) is 10.7. The van der Waals surface area contributed by atoms with E-state index in [4.69, 9.17) is 16.3 Å². The van der Waals surface area contributed by atoms with Gasteiger partial charge >= 0.3 is 0 Å². The number of halogens is 1. The van der Waals surface area contributed by atoms with Gasteiger partial charge in [-0.1, -0.05) is 23.7 Å². The number of hydrogen-bond acceptors (Lipinski definition) is 6. The SMILES string of the molecule is COc1cc(C(=O)Nc2cccc(C)c2)ccc1Nc1ncc(Cl)c(-c2cnn(C(C)C)c2)n1. The number of aryl methyl sites for hydroxylation is 1. The summed E-state index contributed by atoms with van der Waals surface area (Å²) >= 11 is 6.35. The Labute approximate surface area is 203 Å². The van der Waals surface area contributed by atoms with Crippen molar-refractivity contribution in [3.8, 4) is 17.0 Å². The molecule has 0 aliphatic carbocycles. The highest BCUT2D eigenvalue weighted by Crippen LogP contribution is 2.31. The number of nitrogens with zero attached hydrogens (tertiary/aromatic N) is 4. The van der Waals surface area contributed by atoms with Gasteiger partial charge in [0.25, 0.3) is 5.91 Å². The van der Waals surface area contributed by atoms with Gasteiger partial charge in [0.1, 0.15) is 5.75 Å². The van der Waals surface area contributed by atoms with Crippen molar-refractivity contribution < 1.29 is 9.53 Å². The molecule has 8 nitrogen and oxygen atoms in total. The summed E-state index contributed by atoms with van der Waals surface area (Å²) in [5.41, 5.74) is 4.23. The van der Waals surface area contributed by atoms with Gasteiger partial charge in [0.2, 0.25) is 5.95 Å². The Morgan fingerprint density at radius 1 is 1.15 bits per heavy atom. The van der Waals surface area contributed by atoms with Crippen molar-refractivity contribution in [1.29, 1.82) is 0 Å². The molecule has 0 saturated carbocycles. The Bertz CT molecular complexity index is 1330. The first kappa shape index (κ1) is 23.3. The second kappa shape index (κ2) is 9.93. The van der Waals surface area contributed by atoms with Crippen LogP contribution in [0, 0.1) is 6.92 Å². The monoisotopic (exact) mass is 476 g/mol.